The normalized spacial score (nSPS) is 14.5. The lowest BCUT2D eigenvalue weighted by Gasteiger charge is -2.27. The standard InChI is InChI=1S/C16H17BrN4O3/c1-23-16(22)11-8-12(17)20-15(14(11)18)10-2-3-13(19-9-10)21-4-6-24-7-5-21/h2-3,8-9H,4-7,18H2,1H3. The van der Waals surface area contributed by atoms with Crippen molar-refractivity contribution in [1.82, 2.24) is 9.97 Å². The Morgan fingerprint density at radius 3 is 2.75 bits per heavy atom. The van der Waals surface area contributed by atoms with Crippen LogP contribution in [-0.2, 0) is 9.47 Å². The molecule has 0 unspecified atom stereocenters. The fourth-order valence-electron chi connectivity index (χ4n) is 2.53. The largest absolute Gasteiger partial charge is 0.465 e. The van der Waals surface area contributed by atoms with Crippen LogP contribution in [-0.4, -0.2) is 49.4 Å². The Labute approximate surface area is 147 Å². The number of rotatable bonds is 3. The molecule has 1 aliphatic rings. The molecule has 1 aliphatic heterocycles. The lowest BCUT2D eigenvalue weighted by molar-refractivity contribution is 0.0602. The van der Waals surface area contributed by atoms with E-state index in [1.807, 2.05) is 12.1 Å². The van der Waals surface area contributed by atoms with Gasteiger partial charge in [0.2, 0.25) is 0 Å². The number of halogens is 1. The van der Waals surface area contributed by atoms with E-state index in [0.29, 0.717) is 23.5 Å². The second-order valence-corrected chi connectivity index (χ2v) is 6.06. The van der Waals surface area contributed by atoms with Gasteiger partial charge in [0.05, 0.1) is 37.3 Å². The third-order valence-electron chi connectivity index (χ3n) is 3.79. The molecule has 0 radical (unpaired) electrons. The van der Waals surface area contributed by atoms with E-state index in [1.165, 1.54) is 7.11 Å². The zero-order valence-corrected chi connectivity index (χ0v) is 14.7. The average Bonchev–Trinajstić information content (AvgIpc) is 2.63. The summed E-state index contributed by atoms with van der Waals surface area (Å²) in [6, 6.07) is 5.35. The van der Waals surface area contributed by atoms with Gasteiger partial charge in [-0.3, -0.25) is 0 Å². The predicted molar refractivity (Wildman–Crippen MR) is 94.0 cm³/mol. The van der Waals surface area contributed by atoms with E-state index in [0.717, 1.165) is 24.5 Å². The van der Waals surface area contributed by atoms with Gasteiger partial charge in [0, 0.05) is 24.8 Å². The molecule has 1 fully saturated rings. The second-order valence-electron chi connectivity index (χ2n) is 5.25. The second kappa shape index (κ2) is 7.14. The summed E-state index contributed by atoms with van der Waals surface area (Å²) in [5, 5.41) is 0. The van der Waals surface area contributed by atoms with E-state index < -0.39 is 5.97 Å². The average molecular weight is 393 g/mol. The zero-order valence-electron chi connectivity index (χ0n) is 13.2. The van der Waals surface area contributed by atoms with E-state index in [4.69, 9.17) is 15.2 Å². The number of hydrogen-bond acceptors (Lipinski definition) is 7. The molecule has 0 amide bonds. The van der Waals surface area contributed by atoms with Crippen molar-refractivity contribution in [2.24, 2.45) is 0 Å². The summed E-state index contributed by atoms with van der Waals surface area (Å²) in [6.07, 6.45) is 1.71. The van der Waals surface area contributed by atoms with Crippen molar-refractivity contribution in [3.63, 3.8) is 0 Å². The number of pyridine rings is 2. The van der Waals surface area contributed by atoms with Crippen molar-refractivity contribution < 1.29 is 14.3 Å². The molecule has 24 heavy (non-hydrogen) atoms. The summed E-state index contributed by atoms with van der Waals surface area (Å²) >= 11 is 3.30. The van der Waals surface area contributed by atoms with Gasteiger partial charge in [0.15, 0.2) is 0 Å². The van der Waals surface area contributed by atoms with E-state index >= 15 is 0 Å². The highest BCUT2D eigenvalue weighted by Crippen LogP contribution is 2.30. The maximum absolute atomic E-state index is 11.8. The summed E-state index contributed by atoms with van der Waals surface area (Å²) in [5.74, 6) is 0.374. The van der Waals surface area contributed by atoms with E-state index in [-0.39, 0.29) is 11.3 Å². The van der Waals surface area contributed by atoms with Gasteiger partial charge in [-0.1, -0.05) is 0 Å². The van der Waals surface area contributed by atoms with Gasteiger partial charge in [-0.2, -0.15) is 0 Å². The molecule has 8 heteroatoms. The molecule has 2 aromatic heterocycles. The highest BCUT2D eigenvalue weighted by atomic mass is 79.9. The molecule has 3 heterocycles. The molecule has 2 N–H and O–H groups in total. The Bertz CT molecular complexity index is 746. The number of aromatic nitrogens is 2. The lowest BCUT2D eigenvalue weighted by atomic mass is 10.1. The minimum atomic E-state index is -0.505. The van der Waals surface area contributed by atoms with Crippen LogP contribution in [0, 0.1) is 0 Å². The number of methoxy groups -OCH3 is 1. The first-order valence-electron chi connectivity index (χ1n) is 7.43. The van der Waals surface area contributed by atoms with Crippen LogP contribution in [0.5, 0.6) is 0 Å². The quantitative estimate of drug-likeness (QED) is 0.631. The molecule has 0 bridgehead atoms. The van der Waals surface area contributed by atoms with E-state index in [2.05, 4.69) is 30.8 Å². The fourth-order valence-corrected chi connectivity index (χ4v) is 2.93. The lowest BCUT2D eigenvalue weighted by Crippen LogP contribution is -2.36. The number of nitrogens with zero attached hydrogens (tertiary/aromatic N) is 3. The number of nitrogen functional groups attached to an aromatic ring is 1. The Kier molecular flexibility index (Phi) is 4.96. The minimum Gasteiger partial charge on any atom is -0.465 e. The van der Waals surface area contributed by atoms with Gasteiger partial charge in [0.25, 0.3) is 0 Å². The number of carbonyl (C=O) groups is 1. The number of nitrogens with two attached hydrogens (primary N) is 1. The zero-order chi connectivity index (χ0) is 17.1. The molecule has 0 atom stereocenters. The van der Waals surface area contributed by atoms with Gasteiger partial charge >= 0.3 is 5.97 Å². The Balaban J connectivity index is 1.94. The molecule has 0 spiro atoms. The Hall–Kier alpha value is -2.19. The van der Waals surface area contributed by atoms with Crippen LogP contribution >= 0.6 is 15.9 Å². The third kappa shape index (κ3) is 3.34. The molecule has 0 aromatic carbocycles. The first kappa shape index (κ1) is 16.7. The fraction of sp³-hybridized carbons (Fsp3) is 0.312. The van der Waals surface area contributed by atoms with Crippen molar-refractivity contribution in [2.75, 3.05) is 44.0 Å². The molecule has 0 saturated carbocycles. The predicted octanol–water partition coefficient (Wildman–Crippen LogP) is 2.11. The number of anilines is 2. The molecule has 3 rings (SSSR count). The molecule has 0 aliphatic carbocycles. The molecular weight excluding hydrogens is 376 g/mol. The van der Waals surface area contributed by atoms with Gasteiger partial charge in [-0.25, -0.2) is 14.8 Å². The van der Waals surface area contributed by atoms with Gasteiger partial charge in [0.1, 0.15) is 10.4 Å². The van der Waals surface area contributed by atoms with Crippen molar-refractivity contribution in [1.29, 1.82) is 0 Å². The molecular formula is C16H17BrN4O3. The third-order valence-corrected chi connectivity index (χ3v) is 4.20. The Morgan fingerprint density at radius 1 is 1.38 bits per heavy atom. The van der Waals surface area contributed by atoms with Crippen molar-refractivity contribution in [3.8, 4) is 11.3 Å². The van der Waals surface area contributed by atoms with Crippen LogP contribution in [0.4, 0.5) is 11.5 Å². The van der Waals surface area contributed by atoms with Crippen LogP contribution in [0.15, 0.2) is 29.0 Å². The topological polar surface area (TPSA) is 90.6 Å². The van der Waals surface area contributed by atoms with Crippen molar-refractivity contribution >= 4 is 33.4 Å². The number of esters is 1. The summed E-state index contributed by atoms with van der Waals surface area (Å²) < 4.78 is 10.6. The summed E-state index contributed by atoms with van der Waals surface area (Å²) in [6.45, 7) is 3.03. The SMILES string of the molecule is COC(=O)c1cc(Br)nc(-c2ccc(N3CCOCC3)nc2)c1N. The summed E-state index contributed by atoms with van der Waals surface area (Å²) in [4.78, 5) is 22.9. The maximum atomic E-state index is 11.8. The highest BCUT2D eigenvalue weighted by molar-refractivity contribution is 9.10. The number of hydrogen-bond donors (Lipinski definition) is 1. The molecule has 1 saturated heterocycles. The molecule has 126 valence electrons. The molecule has 7 nitrogen and oxygen atoms in total. The summed E-state index contributed by atoms with van der Waals surface area (Å²) in [5.41, 5.74) is 7.87. The first-order chi connectivity index (χ1) is 11.6. The first-order valence-corrected chi connectivity index (χ1v) is 8.23. The van der Waals surface area contributed by atoms with Gasteiger partial charge in [-0.05, 0) is 34.1 Å². The number of morpholine rings is 1. The van der Waals surface area contributed by atoms with Crippen LogP contribution in [0.2, 0.25) is 0 Å². The Morgan fingerprint density at radius 2 is 2.12 bits per heavy atom. The van der Waals surface area contributed by atoms with Gasteiger partial charge in [-0.15, -0.1) is 0 Å². The summed E-state index contributed by atoms with van der Waals surface area (Å²) in [7, 11) is 1.31. The van der Waals surface area contributed by atoms with Crippen LogP contribution in [0.1, 0.15) is 10.4 Å². The smallest absolute Gasteiger partial charge is 0.340 e. The highest BCUT2D eigenvalue weighted by Gasteiger charge is 2.18. The van der Waals surface area contributed by atoms with Crippen molar-refractivity contribution in [3.05, 3.63) is 34.6 Å². The van der Waals surface area contributed by atoms with Crippen LogP contribution < -0.4 is 10.6 Å². The monoisotopic (exact) mass is 392 g/mol. The maximum Gasteiger partial charge on any atom is 0.340 e. The van der Waals surface area contributed by atoms with E-state index in [9.17, 15) is 4.79 Å². The minimum absolute atomic E-state index is 0.269. The van der Waals surface area contributed by atoms with Crippen LogP contribution in [0.3, 0.4) is 0 Å². The van der Waals surface area contributed by atoms with Gasteiger partial charge < -0.3 is 20.1 Å². The van der Waals surface area contributed by atoms with Crippen LogP contribution in [0.25, 0.3) is 11.3 Å². The molecule has 2 aromatic rings. The van der Waals surface area contributed by atoms with Crippen molar-refractivity contribution in [2.45, 2.75) is 0 Å². The van der Waals surface area contributed by atoms with E-state index in [1.54, 1.807) is 12.3 Å². The number of ether oxygens (including phenoxy) is 2. The number of carbonyl (C=O) groups excluding carboxylic acids is 1.